The van der Waals surface area contributed by atoms with Crippen LogP contribution in [0.3, 0.4) is 0 Å². The molecular weight excluding hydrogens is 452 g/mol. The van der Waals surface area contributed by atoms with Gasteiger partial charge in [0.25, 0.3) is 0 Å². The van der Waals surface area contributed by atoms with Gasteiger partial charge in [0.1, 0.15) is 5.75 Å². The summed E-state index contributed by atoms with van der Waals surface area (Å²) in [6.07, 6.45) is 2.00. The van der Waals surface area contributed by atoms with Gasteiger partial charge in [-0.25, -0.2) is 8.42 Å². The number of carbonyl (C=O) groups excluding carboxylic acids is 1. The first-order valence-electron chi connectivity index (χ1n) is 9.37. The van der Waals surface area contributed by atoms with E-state index in [0.29, 0.717) is 18.7 Å². The maximum atomic E-state index is 13.1. The van der Waals surface area contributed by atoms with Crippen LogP contribution in [0.1, 0.15) is 22.9 Å². The van der Waals surface area contributed by atoms with Crippen LogP contribution in [-0.4, -0.2) is 36.1 Å². The zero-order chi connectivity index (χ0) is 20.4. The summed E-state index contributed by atoms with van der Waals surface area (Å²) in [6.45, 7) is 1.14. The average molecular weight is 473 g/mol. The maximum Gasteiger partial charge on any atom is 0.238 e. The molecule has 2 aromatic carbocycles. The first-order chi connectivity index (χ1) is 13.9. The standard InChI is InChI=1S/C22H21BrN2O3S/c23-19-10-8-17(9-11-19)15-29(27,28)16-21(26)25-14-13-24-12-4-7-20(24)22(25)18-5-2-1-3-6-18/h1-12,22H,13-16H2. The van der Waals surface area contributed by atoms with Gasteiger partial charge in [-0.05, 0) is 35.4 Å². The number of fused-ring (bicyclic) bond motifs is 1. The molecule has 3 aromatic rings. The fourth-order valence-corrected chi connectivity index (χ4v) is 5.40. The van der Waals surface area contributed by atoms with E-state index >= 15 is 0 Å². The molecule has 5 nitrogen and oxygen atoms in total. The van der Waals surface area contributed by atoms with Crippen LogP contribution in [0.15, 0.2) is 77.4 Å². The van der Waals surface area contributed by atoms with Crippen molar-refractivity contribution in [2.24, 2.45) is 0 Å². The Morgan fingerprint density at radius 1 is 0.966 bits per heavy atom. The van der Waals surface area contributed by atoms with E-state index < -0.39 is 15.6 Å². The number of carbonyl (C=O) groups is 1. The molecule has 0 saturated carbocycles. The van der Waals surface area contributed by atoms with Gasteiger partial charge in [-0.1, -0.05) is 58.4 Å². The highest BCUT2D eigenvalue weighted by molar-refractivity contribution is 9.10. The molecule has 0 spiro atoms. The number of aromatic nitrogens is 1. The Hall–Kier alpha value is -2.38. The summed E-state index contributed by atoms with van der Waals surface area (Å²) in [6, 6.07) is 20.5. The largest absolute Gasteiger partial charge is 0.348 e. The molecule has 4 rings (SSSR count). The zero-order valence-corrected chi connectivity index (χ0v) is 18.1. The summed E-state index contributed by atoms with van der Waals surface area (Å²) in [5.74, 6) is -0.997. The summed E-state index contributed by atoms with van der Waals surface area (Å²) in [7, 11) is -3.58. The molecule has 1 atom stereocenters. The first-order valence-corrected chi connectivity index (χ1v) is 12.0. The van der Waals surface area contributed by atoms with E-state index in [1.807, 2.05) is 48.7 Å². The summed E-state index contributed by atoms with van der Waals surface area (Å²) < 4.78 is 28.4. The highest BCUT2D eigenvalue weighted by Gasteiger charge is 2.33. The topological polar surface area (TPSA) is 59.4 Å². The van der Waals surface area contributed by atoms with Crippen LogP contribution in [0.5, 0.6) is 0 Å². The molecule has 0 bridgehead atoms. The molecular formula is C22H21BrN2O3S. The number of sulfone groups is 1. The third-order valence-corrected chi connectivity index (χ3v) is 7.11. The van der Waals surface area contributed by atoms with Gasteiger partial charge < -0.3 is 9.47 Å². The van der Waals surface area contributed by atoms with Crippen LogP contribution in [0, 0.1) is 0 Å². The molecule has 7 heteroatoms. The Labute approximate surface area is 179 Å². The lowest BCUT2D eigenvalue weighted by atomic mass is 10.00. The highest BCUT2D eigenvalue weighted by Crippen LogP contribution is 2.32. The lowest BCUT2D eigenvalue weighted by molar-refractivity contribution is -0.131. The van der Waals surface area contributed by atoms with Gasteiger partial charge in [0, 0.05) is 29.5 Å². The second-order valence-corrected chi connectivity index (χ2v) is 10.2. The summed E-state index contributed by atoms with van der Waals surface area (Å²) in [5.41, 5.74) is 2.65. The van der Waals surface area contributed by atoms with E-state index in [0.717, 1.165) is 15.7 Å². The lowest BCUT2D eigenvalue weighted by Gasteiger charge is -2.37. The summed E-state index contributed by atoms with van der Waals surface area (Å²) >= 11 is 3.34. The van der Waals surface area contributed by atoms with Crippen molar-refractivity contribution >= 4 is 31.7 Å². The van der Waals surface area contributed by atoms with Crippen molar-refractivity contribution in [2.45, 2.75) is 18.3 Å². The van der Waals surface area contributed by atoms with Crippen molar-refractivity contribution in [3.05, 3.63) is 94.2 Å². The summed E-state index contributed by atoms with van der Waals surface area (Å²) in [4.78, 5) is 14.8. The van der Waals surface area contributed by atoms with Gasteiger partial charge in [-0.15, -0.1) is 0 Å². The van der Waals surface area contributed by atoms with Gasteiger partial charge in [0.2, 0.25) is 5.91 Å². The van der Waals surface area contributed by atoms with E-state index in [2.05, 4.69) is 20.5 Å². The number of rotatable bonds is 5. The fourth-order valence-electron chi connectivity index (χ4n) is 3.79. The Morgan fingerprint density at radius 2 is 1.69 bits per heavy atom. The van der Waals surface area contributed by atoms with Gasteiger partial charge >= 0.3 is 0 Å². The minimum Gasteiger partial charge on any atom is -0.348 e. The number of hydrogen-bond donors (Lipinski definition) is 0. The van der Waals surface area contributed by atoms with Crippen LogP contribution in [0.4, 0.5) is 0 Å². The third kappa shape index (κ3) is 4.46. The SMILES string of the molecule is O=C(CS(=O)(=O)Cc1ccc(Br)cc1)N1CCn2cccc2C1c1ccccc1. The van der Waals surface area contributed by atoms with E-state index in [1.165, 1.54) is 0 Å². The molecule has 2 heterocycles. The molecule has 1 amide bonds. The molecule has 0 saturated heterocycles. The molecule has 0 fully saturated rings. The minimum absolute atomic E-state index is 0.147. The smallest absolute Gasteiger partial charge is 0.238 e. The van der Waals surface area contributed by atoms with Crippen molar-refractivity contribution in [2.75, 3.05) is 12.3 Å². The molecule has 1 unspecified atom stereocenters. The van der Waals surface area contributed by atoms with Crippen LogP contribution in [0.2, 0.25) is 0 Å². The number of amides is 1. The van der Waals surface area contributed by atoms with E-state index in [9.17, 15) is 13.2 Å². The van der Waals surface area contributed by atoms with E-state index in [4.69, 9.17) is 0 Å². The second kappa shape index (κ2) is 8.16. The van der Waals surface area contributed by atoms with Crippen molar-refractivity contribution in [3.63, 3.8) is 0 Å². The van der Waals surface area contributed by atoms with Gasteiger partial charge in [-0.3, -0.25) is 4.79 Å². The Morgan fingerprint density at radius 3 is 2.41 bits per heavy atom. The molecule has 0 aliphatic carbocycles. The normalized spacial score (nSPS) is 16.4. The molecule has 1 aliphatic rings. The number of hydrogen-bond acceptors (Lipinski definition) is 3. The number of nitrogens with zero attached hydrogens (tertiary/aromatic N) is 2. The third-order valence-electron chi connectivity index (χ3n) is 5.12. The lowest BCUT2D eigenvalue weighted by Crippen LogP contribution is -2.44. The van der Waals surface area contributed by atoms with Crippen LogP contribution >= 0.6 is 15.9 Å². The quantitative estimate of drug-likeness (QED) is 0.567. The predicted molar refractivity (Wildman–Crippen MR) is 116 cm³/mol. The van der Waals surface area contributed by atoms with Crippen LogP contribution in [0.25, 0.3) is 0 Å². The Bertz CT molecular complexity index is 1110. The van der Waals surface area contributed by atoms with Crippen molar-refractivity contribution in [3.8, 4) is 0 Å². The number of halogens is 1. The predicted octanol–water partition coefficient (Wildman–Crippen LogP) is 3.80. The van der Waals surface area contributed by atoms with Crippen molar-refractivity contribution < 1.29 is 13.2 Å². The second-order valence-electron chi connectivity index (χ2n) is 7.19. The van der Waals surface area contributed by atoms with Crippen LogP contribution < -0.4 is 0 Å². The summed E-state index contributed by atoms with van der Waals surface area (Å²) in [5, 5.41) is 0. The Kier molecular flexibility index (Phi) is 5.61. The van der Waals surface area contributed by atoms with Crippen LogP contribution in [-0.2, 0) is 26.9 Å². The first kappa shape index (κ1) is 19.9. The average Bonchev–Trinajstić information content (AvgIpc) is 3.18. The maximum absolute atomic E-state index is 13.1. The molecule has 0 N–H and O–H groups in total. The van der Waals surface area contributed by atoms with E-state index in [-0.39, 0.29) is 17.7 Å². The van der Waals surface area contributed by atoms with Crippen molar-refractivity contribution in [1.29, 1.82) is 0 Å². The minimum atomic E-state index is -3.58. The number of benzene rings is 2. The van der Waals surface area contributed by atoms with Gasteiger partial charge in [0.15, 0.2) is 9.84 Å². The molecule has 29 heavy (non-hydrogen) atoms. The fraction of sp³-hybridized carbons (Fsp3) is 0.227. The molecule has 150 valence electrons. The molecule has 1 aliphatic heterocycles. The van der Waals surface area contributed by atoms with Crippen molar-refractivity contribution in [1.82, 2.24) is 9.47 Å². The van der Waals surface area contributed by atoms with Gasteiger partial charge in [0.05, 0.1) is 11.8 Å². The van der Waals surface area contributed by atoms with Gasteiger partial charge in [-0.2, -0.15) is 0 Å². The highest BCUT2D eigenvalue weighted by atomic mass is 79.9. The molecule has 0 radical (unpaired) electrons. The molecule has 1 aromatic heterocycles. The Balaban J connectivity index is 1.57. The zero-order valence-electron chi connectivity index (χ0n) is 15.7. The van der Waals surface area contributed by atoms with E-state index in [1.54, 1.807) is 29.2 Å². The monoisotopic (exact) mass is 472 g/mol.